The Bertz CT molecular complexity index is 1190. The van der Waals surface area contributed by atoms with Crippen molar-refractivity contribution in [2.75, 3.05) is 7.11 Å². The number of hydrogen-bond donors (Lipinski definition) is 0. The van der Waals surface area contributed by atoms with Gasteiger partial charge in [0.1, 0.15) is 12.4 Å². The Morgan fingerprint density at radius 1 is 1.23 bits per heavy atom. The van der Waals surface area contributed by atoms with Gasteiger partial charge in [-0.2, -0.15) is 5.26 Å². The Morgan fingerprint density at radius 3 is 2.58 bits per heavy atom. The third-order valence-electron chi connectivity index (χ3n) is 4.34. The van der Waals surface area contributed by atoms with Gasteiger partial charge in [0.25, 0.3) is 5.69 Å². The van der Waals surface area contributed by atoms with E-state index in [4.69, 9.17) is 9.47 Å². The van der Waals surface area contributed by atoms with Crippen molar-refractivity contribution >= 4 is 39.9 Å². The first-order valence-electron chi connectivity index (χ1n) is 9.02. The predicted molar refractivity (Wildman–Crippen MR) is 123 cm³/mol. The molecule has 3 rings (SSSR count). The van der Waals surface area contributed by atoms with Crippen LogP contribution in [0.5, 0.6) is 11.5 Å². The SMILES string of the molecule is COc1cc(/C=C(/C#N)c2ccc([N+](=O)[O-])cc2)cc(I)c1OCc1cccc(F)c1. The lowest BCUT2D eigenvalue weighted by atomic mass is 10.0. The molecule has 0 saturated carbocycles. The lowest BCUT2D eigenvalue weighted by Gasteiger charge is -2.14. The summed E-state index contributed by atoms with van der Waals surface area (Å²) < 4.78 is 25.4. The van der Waals surface area contributed by atoms with Crippen LogP contribution in [0, 0.1) is 30.8 Å². The third kappa shape index (κ3) is 5.58. The molecule has 0 aliphatic rings. The molecule has 0 atom stereocenters. The molecule has 6 nitrogen and oxygen atoms in total. The van der Waals surface area contributed by atoms with E-state index in [0.29, 0.717) is 33.8 Å². The summed E-state index contributed by atoms with van der Waals surface area (Å²) in [6, 6.07) is 17.6. The quantitative estimate of drug-likeness (QED) is 0.123. The van der Waals surface area contributed by atoms with E-state index in [9.17, 15) is 19.8 Å². The van der Waals surface area contributed by atoms with Crippen LogP contribution >= 0.6 is 22.6 Å². The van der Waals surface area contributed by atoms with Crippen LogP contribution in [0.4, 0.5) is 10.1 Å². The minimum absolute atomic E-state index is 0.0444. The summed E-state index contributed by atoms with van der Waals surface area (Å²) in [4.78, 5) is 10.3. The van der Waals surface area contributed by atoms with Crippen LogP contribution in [-0.2, 0) is 6.61 Å². The second-order valence-electron chi connectivity index (χ2n) is 6.43. The Hall–Kier alpha value is -3.45. The molecule has 31 heavy (non-hydrogen) atoms. The summed E-state index contributed by atoms with van der Waals surface area (Å²) in [6.45, 7) is 0.172. The fourth-order valence-electron chi connectivity index (χ4n) is 2.85. The predicted octanol–water partition coefficient (Wildman–Crippen LogP) is 5.99. The minimum Gasteiger partial charge on any atom is -0.493 e. The number of hydrogen-bond acceptors (Lipinski definition) is 5. The zero-order valence-corrected chi connectivity index (χ0v) is 18.5. The highest BCUT2D eigenvalue weighted by atomic mass is 127. The third-order valence-corrected chi connectivity index (χ3v) is 5.15. The molecule has 0 fully saturated rings. The summed E-state index contributed by atoms with van der Waals surface area (Å²) in [5, 5.41) is 20.4. The number of non-ortho nitro benzene ring substituents is 1. The van der Waals surface area contributed by atoms with Crippen LogP contribution < -0.4 is 9.47 Å². The number of halogens is 2. The van der Waals surface area contributed by atoms with Gasteiger partial charge < -0.3 is 9.47 Å². The number of ether oxygens (including phenoxy) is 2. The Balaban J connectivity index is 1.88. The van der Waals surface area contributed by atoms with Crippen molar-refractivity contribution < 1.29 is 18.8 Å². The molecule has 0 spiro atoms. The van der Waals surface area contributed by atoms with Crippen molar-refractivity contribution in [3.8, 4) is 17.6 Å². The smallest absolute Gasteiger partial charge is 0.269 e. The van der Waals surface area contributed by atoms with E-state index < -0.39 is 4.92 Å². The van der Waals surface area contributed by atoms with Gasteiger partial charge in [-0.3, -0.25) is 10.1 Å². The number of nitrogens with zero attached hydrogens (tertiary/aromatic N) is 2. The van der Waals surface area contributed by atoms with Crippen LogP contribution in [0.1, 0.15) is 16.7 Å². The number of nitriles is 1. The van der Waals surface area contributed by atoms with Crippen molar-refractivity contribution in [1.82, 2.24) is 0 Å². The molecule has 0 amide bonds. The monoisotopic (exact) mass is 530 g/mol. The van der Waals surface area contributed by atoms with E-state index >= 15 is 0 Å². The second-order valence-corrected chi connectivity index (χ2v) is 7.59. The van der Waals surface area contributed by atoms with Crippen molar-refractivity contribution in [2.24, 2.45) is 0 Å². The molecule has 156 valence electrons. The zero-order chi connectivity index (χ0) is 22.4. The van der Waals surface area contributed by atoms with Gasteiger partial charge in [0.2, 0.25) is 0 Å². The molecule has 8 heteroatoms. The van der Waals surface area contributed by atoms with Crippen LogP contribution in [0.15, 0.2) is 60.7 Å². The molecule has 0 aromatic heterocycles. The van der Waals surface area contributed by atoms with Gasteiger partial charge in [-0.25, -0.2) is 4.39 Å². The number of methoxy groups -OCH3 is 1. The van der Waals surface area contributed by atoms with Crippen LogP contribution in [0.25, 0.3) is 11.6 Å². The summed E-state index contributed by atoms with van der Waals surface area (Å²) in [6.07, 6.45) is 1.67. The lowest BCUT2D eigenvalue weighted by Crippen LogP contribution is -2.00. The van der Waals surface area contributed by atoms with E-state index in [1.54, 1.807) is 24.3 Å². The van der Waals surface area contributed by atoms with E-state index in [-0.39, 0.29) is 18.1 Å². The highest BCUT2D eigenvalue weighted by Crippen LogP contribution is 2.35. The number of rotatable bonds is 7. The molecule has 3 aromatic carbocycles. The minimum atomic E-state index is -0.491. The average molecular weight is 530 g/mol. The van der Waals surface area contributed by atoms with Gasteiger partial charge in [0, 0.05) is 12.1 Å². The summed E-state index contributed by atoms with van der Waals surface area (Å²) in [5.41, 5.74) is 2.26. The molecule has 0 bridgehead atoms. The van der Waals surface area contributed by atoms with Crippen molar-refractivity contribution in [2.45, 2.75) is 6.61 Å². The molecule has 0 saturated heterocycles. The van der Waals surface area contributed by atoms with E-state index in [0.717, 1.165) is 3.57 Å². The standard InChI is InChI=1S/C23H16FIN2O4/c1-30-22-12-16(9-18(13-26)17-5-7-20(8-6-17)27(28)29)11-21(25)23(22)31-14-15-3-2-4-19(24)10-15/h2-12H,14H2,1H3/b18-9-. The molecular weight excluding hydrogens is 514 g/mol. The lowest BCUT2D eigenvalue weighted by molar-refractivity contribution is -0.384. The molecule has 0 radical (unpaired) electrons. The van der Waals surface area contributed by atoms with Crippen molar-refractivity contribution in [3.05, 3.63) is 96.9 Å². The zero-order valence-electron chi connectivity index (χ0n) is 16.3. The van der Waals surface area contributed by atoms with Crippen LogP contribution in [0.3, 0.4) is 0 Å². The summed E-state index contributed by atoms with van der Waals surface area (Å²) >= 11 is 2.10. The highest BCUT2D eigenvalue weighted by Gasteiger charge is 2.13. The molecule has 3 aromatic rings. The maximum absolute atomic E-state index is 13.4. The number of nitro benzene ring substituents is 1. The van der Waals surface area contributed by atoms with Gasteiger partial charge in [0.15, 0.2) is 11.5 Å². The first-order chi connectivity index (χ1) is 14.9. The molecule has 0 aliphatic carbocycles. The largest absolute Gasteiger partial charge is 0.493 e. The molecule has 0 N–H and O–H groups in total. The van der Waals surface area contributed by atoms with Crippen LogP contribution in [0.2, 0.25) is 0 Å². The molecule has 0 aliphatic heterocycles. The fraction of sp³-hybridized carbons (Fsp3) is 0.0870. The normalized spacial score (nSPS) is 11.0. The summed E-state index contributed by atoms with van der Waals surface area (Å²) in [7, 11) is 1.51. The van der Waals surface area contributed by atoms with Gasteiger partial charge in [-0.15, -0.1) is 0 Å². The Labute approximate surface area is 191 Å². The molecule has 0 heterocycles. The number of benzene rings is 3. The average Bonchev–Trinajstić information content (AvgIpc) is 2.76. The van der Waals surface area contributed by atoms with Gasteiger partial charge in [-0.1, -0.05) is 12.1 Å². The first kappa shape index (κ1) is 22.2. The van der Waals surface area contributed by atoms with Crippen LogP contribution in [-0.4, -0.2) is 12.0 Å². The van der Waals surface area contributed by atoms with Gasteiger partial charge in [0.05, 0.1) is 27.2 Å². The topological polar surface area (TPSA) is 85.4 Å². The van der Waals surface area contributed by atoms with E-state index in [2.05, 4.69) is 28.7 Å². The maximum atomic E-state index is 13.4. The van der Waals surface area contributed by atoms with Crippen molar-refractivity contribution in [1.29, 1.82) is 5.26 Å². The number of nitro groups is 1. The maximum Gasteiger partial charge on any atom is 0.269 e. The number of allylic oxidation sites excluding steroid dienone is 1. The van der Waals surface area contributed by atoms with Gasteiger partial charge >= 0.3 is 0 Å². The second kappa shape index (κ2) is 10.0. The highest BCUT2D eigenvalue weighted by molar-refractivity contribution is 14.1. The Morgan fingerprint density at radius 2 is 1.97 bits per heavy atom. The molecule has 0 unspecified atom stereocenters. The molecular formula is C23H16FIN2O4. The first-order valence-corrected chi connectivity index (χ1v) is 10.1. The fourth-order valence-corrected chi connectivity index (χ4v) is 3.64. The van der Waals surface area contributed by atoms with Crippen molar-refractivity contribution in [3.63, 3.8) is 0 Å². The van der Waals surface area contributed by atoms with Gasteiger partial charge in [-0.05, 0) is 81.8 Å². The Kier molecular flexibility index (Phi) is 7.20. The van der Waals surface area contributed by atoms with E-state index in [1.165, 1.54) is 43.5 Å². The van der Waals surface area contributed by atoms with E-state index in [1.807, 2.05) is 6.07 Å². The summed E-state index contributed by atoms with van der Waals surface area (Å²) in [5.74, 6) is 0.646.